The molecule has 0 bridgehead atoms. The van der Waals surface area contributed by atoms with Crippen molar-refractivity contribution in [2.45, 2.75) is 25.9 Å². The average molecular weight is 257 g/mol. The quantitative estimate of drug-likeness (QED) is 0.756. The number of alkyl halides is 3. The number of rotatable bonds is 2. The molecule has 1 aromatic carbocycles. The maximum absolute atomic E-state index is 13.0. The fourth-order valence-corrected chi connectivity index (χ4v) is 2.22. The number of anilines is 1. The lowest BCUT2D eigenvalue weighted by molar-refractivity contribution is -0.137. The number of hydrogen-bond acceptors (Lipinski definition) is 2. The van der Waals surface area contributed by atoms with Crippen LogP contribution in [0.2, 0.25) is 0 Å². The molecule has 5 heteroatoms. The van der Waals surface area contributed by atoms with Crippen LogP contribution in [-0.2, 0) is 6.18 Å². The molecule has 18 heavy (non-hydrogen) atoms. The molecule has 0 saturated carbocycles. The molecule has 0 amide bonds. The number of ketones is 1. The van der Waals surface area contributed by atoms with Crippen LogP contribution in [0.25, 0.3) is 0 Å². The molecule has 0 aliphatic carbocycles. The SMILES string of the molecule is CC(=O)c1ccc(N2CCCC2)c(C(F)(F)F)c1. The van der Waals surface area contributed by atoms with Gasteiger partial charge in [0.15, 0.2) is 5.78 Å². The molecule has 98 valence electrons. The van der Waals surface area contributed by atoms with Crippen LogP contribution in [0.3, 0.4) is 0 Å². The van der Waals surface area contributed by atoms with E-state index < -0.39 is 11.7 Å². The maximum Gasteiger partial charge on any atom is 0.418 e. The van der Waals surface area contributed by atoms with Gasteiger partial charge in [-0.3, -0.25) is 4.79 Å². The molecular weight excluding hydrogens is 243 g/mol. The Balaban J connectivity index is 2.48. The second-order valence-corrected chi connectivity index (χ2v) is 4.48. The van der Waals surface area contributed by atoms with Crippen molar-refractivity contribution in [2.75, 3.05) is 18.0 Å². The van der Waals surface area contributed by atoms with Crippen molar-refractivity contribution in [3.8, 4) is 0 Å². The van der Waals surface area contributed by atoms with E-state index in [0.29, 0.717) is 13.1 Å². The van der Waals surface area contributed by atoms with Crippen LogP contribution >= 0.6 is 0 Å². The van der Waals surface area contributed by atoms with Gasteiger partial charge in [-0.05, 0) is 38.0 Å². The van der Waals surface area contributed by atoms with E-state index in [1.165, 1.54) is 19.1 Å². The largest absolute Gasteiger partial charge is 0.418 e. The minimum Gasteiger partial charge on any atom is -0.371 e. The van der Waals surface area contributed by atoms with Gasteiger partial charge in [0.1, 0.15) is 0 Å². The second kappa shape index (κ2) is 4.63. The first-order valence-corrected chi connectivity index (χ1v) is 5.87. The van der Waals surface area contributed by atoms with E-state index in [1.54, 1.807) is 4.90 Å². The molecule has 0 unspecified atom stereocenters. The third kappa shape index (κ3) is 2.49. The van der Waals surface area contributed by atoms with Crippen molar-refractivity contribution in [2.24, 2.45) is 0 Å². The fraction of sp³-hybridized carbons (Fsp3) is 0.462. The van der Waals surface area contributed by atoms with Gasteiger partial charge in [-0.1, -0.05) is 0 Å². The van der Waals surface area contributed by atoms with Crippen LogP contribution in [0.5, 0.6) is 0 Å². The molecule has 2 nitrogen and oxygen atoms in total. The van der Waals surface area contributed by atoms with Gasteiger partial charge in [-0.15, -0.1) is 0 Å². The summed E-state index contributed by atoms with van der Waals surface area (Å²) in [6, 6.07) is 3.83. The summed E-state index contributed by atoms with van der Waals surface area (Å²) in [6.07, 6.45) is -2.61. The van der Waals surface area contributed by atoms with Crippen molar-refractivity contribution in [3.05, 3.63) is 29.3 Å². The Morgan fingerprint density at radius 3 is 2.33 bits per heavy atom. The number of hydrogen-bond donors (Lipinski definition) is 0. The minimum atomic E-state index is -4.43. The van der Waals surface area contributed by atoms with Crippen LogP contribution in [0.15, 0.2) is 18.2 Å². The van der Waals surface area contributed by atoms with E-state index in [2.05, 4.69) is 0 Å². The molecule has 1 aliphatic rings. The molecule has 1 aromatic rings. The zero-order valence-electron chi connectivity index (χ0n) is 10.0. The predicted octanol–water partition coefficient (Wildman–Crippen LogP) is 3.51. The fourth-order valence-electron chi connectivity index (χ4n) is 2.22. The van der Waals surface area contributed by atoms with E-state index in [0.717, 1.165) is 18.9 Å². The van der Waals surface area contributed by atoms with Crippen LogP contribution in [-0.4, -0.2) is 18.9 Å². The topological polar surface area (TPSA) is 20.3 Å². The molecule has 1 aliphatic heterocycles. The monoisotopic (exact) mass is 257 g/mol. The third-order valence-corrected chi connectivity index (χ3v) is 3.16. The Kier molecular flexibility index (Phi) is 3.32. The van der Waals surface area contributed by atoms with Crippen molar-refractivity contribution in [1.82, 2.24) is 0 Å². The highest BCUT2D eigenvalue weighted by atomic mass is 19.4. The average Bonchev–Trinajstić information content (AvgIpc) is 2.80. The first-order valence-electron chi connectivity index (χ1n) is 5.87. The van der Waals surface area contributed by atoms with Crippen molar-refractivity contribution >= 4 is 11.5 Å². The smallest absolute Gasteiger partial charge is 0.371 e. The Bertz CT molecular complexity index is 462. The number of benzene rings is 1. The predicted molar refractivity (Wildman–Crippen MR) is 62.9 cm³/mol. The van der Waals surface area contributed by atoms with Crippen molar-refractivity contribution < 1.29 is 18.0 Å². The molecular formula is C13H14F3NO. The lowest BCUT2D eigenvalue weighted by Crippen LogP contribution is -2.22. The van der Waals surface area contributed by atoms with Crippen LogP contribution in [0.4, 0.5) is 18.9 Å². The summed E-state index contributed by atoms with van der Waals surface area (Å²) < 4.78 is 39.0. The van der Waals surface area contributed by atoms with Crippen molar-refractivity contribution in [3.63, 3.8) is 0 Å². The van der Waals surface area contributed by atoms with Gasteiger partial charge in [0, 0.05) is 24.3 Å². The van der Waals surface area contributed by atoms with Gasteiger partial charge in [-0.2, -0.15) is 13.2 Å². The molecule has 1 fully saturated rings. The first-order chi connectivity index (χ1) is 8.39. The Morgan fingerprint density at radius 2 is 1.83 bits per heavy atom. The summed E-state index contributed by atoms with van der Waals surface area (Å²) >= 11 is 0. The van der Waals surface area contributed by atoms with Crippen molar-refractivity contribution in [1.29, 1.82) is 0 Å². The molecule has 1 saturated heterocycles. The summed E-state index contributed by atoms with van der Waals surface area (Å²) in [5.74, 6) is -0.353. The van der Waals surface area contributed by atoms with Gasteiger partial charge in [0.2, 0.25) is 0 Å². The maximum atomic E-state index is 13.0. The zero-order valence-corrected chi connectivity index (χ0v) is 10.0. The summed E-state index contributed by atoms with van der Waals surface area (Å²) in [6.45, 7) is 2.55. The van der Waals surface area contributed by atoms with Gasteiger partial charge < -0.3 is 4.90 Å². The summed E-state index contributed by atoms with van der Waals surface area (Å²) in [7, 11) is 0. The van der Waals surface area contributed by atoms with E-state index in [4.69, 9.17) is 0 Å². The number of Topliss-reactive ketones (excluding diaryl/α,β-unsaturated/α-hetero) is 1. The summed E-state index contributed by atoms with van der Waals surface area (Å²) in [5.41, 5.74) is -0.424. The molecule has 0 spiro atoms. The normalized spacial score (nSPS) is 16.1. The number of carbonyl (C=O) groups excluding carboxylic acids is 1. The molecule has 0 radical (unpaired) electrons. The highest BCUT2D eigenvalue weighted by Crippen LogP contribution is 2.38. The van der Waals surface area contributed by atoms with E-state index in [1.807, 2.05) is 0 Å². The van der Waals surface area contributed by atoms with Crippen LogP contribution in [0.1, 0.15) is 35.7 Å². The van der Waals surface area contributed by atoms with Gasteiger partial charge in [0.25, 0.3) is 0 Å². The van der Waals surface area contributed by atoms with Crippen LogP contribution in [0, 0.1) is 0 Å². The molecule has 0 atom stereocenters. The number of halogens is 3. The Labute approximate surface area is 103 Å². The molecule has 0 N–H and O–H groups in total. The number of carbonyl (C=O) groups is 1. The number of nitrogens with zero attached hydrogens (tertiary/aromatic N) is 1. The Hall–Kier alpha value is -1.52. The van der Waals surface area contributed by atoms with E-state index in [-0.39, 0.29) is 17.0 Å². The first kappa shape index (κ1) is 12.9. The highest BCUT2D eigenvalue weighted by Gasteiger charge is 2.35. The molecule has 0 aromatic heterocycles. The van der Waals surface area contributed by atoms with Gasteiger partial charge >= 0.3 is 6.18 Å². The lowest BCUT2D eigenvalue weighted by Gasteiger charge is -2.23. The summed E-state index contributed by atoms with van der Waals surface area (Å²) in [5, 5.41) is 0. The highest BCUT2D eigenvalue weighted by molar-refractivity contribution is 5.94. The molecule has 1 heterocycles. The molecule has 2 rings (SSSR count). The van der Waals surface area contributed by atoms with Gasteiger partial charge in [-0.25, -0.2) is 0 Å². The lowest BCUT2D eigenvalue weighted by atomic mass is 10.0. The zero-order chi connectivity index (χ0) is 13.3. The third-order valence-electron chi connectivity index (χ3n) is 3.16. The minimum absolute atomic E-state index is 0.102. The van der Waals surface area contributed by atoms with Crippen LogP contribution < -0.4 is 4.90 Å². The Morgan fingerprint density at radius 1 is 1.22 bits per heavy atom. The summed E-state index contributed by atoms with van der Waals surface area (Å²) in [4.78, 5) is 12.9. The standard InChI is InChI=1S/C13H14F3NO/c1-9(18)10-4-5-12(17-6-2-3-7-17)11(8-10)13(14,15)16/h4-5,8H,2-3,6-7H2,1H3. The van der Waals surface area contributed by atoms with E-state index >= 15 is 0 Å². The second-order valence-electron chi connectivity index (χ2n) is 4.48. The van der Waals surface area contributed by atoms with E-state index in [9.17, 15) is 18.0 Å². The van der Waals surface area contributed by atoms with Gasteiger partial charge in [0.05, 0.1) is 5.56 Å².